The second-order valence-corrected chi connectivity index (χ2v) is 15.3. The summed E-state index contributed by atoms with van der Waals surface area (Å²) >= 11 is 20.2. The summed E-state index contributed by atoms with van der Waals surface area (Å²) in [5.74, 6) is 0. The Bertz CT molecular complexity index is 1010. The quantitative estimate of drug-likeness (QED) is 0.134. The van der Waals surface area contributed by atoms with Crippen molar-refractivity contribution in [3.63, 3.8) is 0 Å². The number of benzene rings is 4. The van der Waals surface area contributed by atoms with Gasteiger partial charge in [-0.3, -0.25) is 0 Å². The van der Waals surface area contributed by atoms with Gasteiger partial charge in [0, 0.05) is 0 Å². The molecule has 0 aliphatic rings. The first-order valence-electron chi connectivity index (χ1n) is 10.3. The first-order chi connectivity index (χ1) is 15.6. The van der Waals surface area contributed by atoms with Crippen molar-refractivity contribution < 1.29 is 15.5 Å². The molecule has 0 aliphatic carbocycles. The summed E-state index contributed by atoms with van der Waals surface area (Å²) in [6.07, 6.45) is 0.543. The SMILES string of the molecule is ClC(C[C](Cl)([Ni])P(c1ccccc1)c1ccccc1)P(c1ccccc1)c1ccccc1. The summed E-state index contributed by atoms with van der Waals surface area (Å²) < 4.78 is -0.866. The molecule has 32 heavy (non-hydrogen) atoms. The molecule has 0 nitrogen and oxygen atoms in total. The van der Waals surface area contributed by atoms with Crippen LogP contribution in [0.2, 0.25) is 0 Å². The summed E-state index contributed by atoms with van der Waals surface area (Å²) in [6.45, 7) is 0. The second-order valence-electron chi connectivity index (χ2n) is 7.30. The van der Waals surface area contributed by atoms with Crippen LogP contribution in [0.1, 0.15) is 6.42 Å². The van der Waals surface area contributed by atoms with Crippen molar-refractivity contribution in [3.05, 3.63) is 121 Å². The molecule has 5 heteroatoms. The minimum atomic E-state index is -0.965. The maximum absolute atomic E-state index is 7.27. The van der Waals surface area contributed by atoms with E-state index in [-0.39, 0.29) is 5.12 Å². The van der Waals surface area contributed by atoms with Crippen molar-refractivity contribution in [2.24, 2.45) is 0 Å². The first-order valence-corrected chi connectivity index (χ1v) is 14.4. The van der Waals surface area contributed by atoms with Crippen LogP contribution in [0.25, 0.3) is 0 Å². The molecule has 0 aromatic heterocycles. The van der Waals surface area contributed by atoms with E-state index in [4.69, 9.17) is 38.7 Å². The van der Waals surface area contributed by atoms with Crippen molar-refractivity contribution in [2.75, 3.05) is 0 Å². The van der Waals surface area contributed by atoms with Gasteiger partial charge in [0.25, 0.3) is 0 Å². The average molecular weight is 539 g/mol. The van der Waals surface area contributed by atoms with E-state index in [1.165, 1.54) is 21.2 Å². The zero-order valence-electron chi connectivity index (χ0n) is 17.3. The third-order valence-corrected chi connectivity index (χ3v) is 12.2. The number of rotatable bonds is 8. The molecule has 0 heterocycles. The molecule has 0 amide bonds. The van der Waals surface area contributed by atoms with Gasteiger partial charge in [-0.1, -0.05) is 0 Å². The summed E-state index contributed by atoms with van der Waals surface area (Å²) in [5, 5.41) is 4.67. The van der Waals surface area contributed by atoms with Crippen LogP contribution in [0.4, 0.5) is 0 Å². The summed E-state index contributed by atoms with van der Waals surface area (Å²) in [6, 6.07) is 41.8. The van der Waals surface area contributed by atoms with Crippen LogP contribution >= 0.6 is 39.0 Å². The zero-order valence-corrected chi connectivity index (χ0v) is 21.6. The van der Waals surface area contributed by atoms with Gasteiger partial charge >= 0.3 is 212 Å². The van der Waals surface area contributed by atoms with Crippen molar-refractivity contribution in [2.45, 2.75) is 15.1 Å². The van der Waals surface area contributed by atoms with Crippen LogP contribution in [0.5, 0.6) is 0 Å². The monoisotopic (exact) mass is 537 g/mol. The fourth-order valence-electron chi connectivity index (χ4n) is 3.69. The molecule has 0 aliphatic heterocycles. The Labute approximate surface area is 211 Å². The normalized spacial score (nSPS) is 14.3. The number of hydrogen-bond acceptors (Lipinski definition) is 0. The van der Waals surface area contributed by atoms with Crippen molar-refractivity contribution >= 4 is 60.3 Å². The molecule has 0 fully saturated rings. The second kappa shape index (κ2) is 11.3. The molecule has 0 radical (unpaired) electrons. The number of hydrogen-bond donors (Lipinski definition) is 0. The van der Waals surface area contributed by atoms with Crippen LogP contribution in [0, 0.1) is 0 Å². The fraction of sp³-hybridized carbons (Fsp3) is 0.111. The van der Waals surface area contributed by atoms with Gasteiger partial charge in [0.2, 0.25) is 0 Å². The van der Waals surface area contributed by atoms with Gasteiger partial charge < -0.3 is 0 Å². The Balaban J connectivity index is 1.70. The molecule has 2 atom stereocenters. The van der Waals surface area contributed by atoms with E-state index >= 15 is 0 Å². The molecule has 0 N–H and O–H groups in total. The molecule has 165 valence electrons. The maximum atomic E-state index is 7.27. The topological polar surface area (TPSA) is 0 Å². The molecule has 0 saturated heterocycles. The van der Waals surface area contributed by atoms with E-state index in [1.807, 2.05) is 24.3 Å². The van der Waals surface area contributed by atoms with E-state index in [0.717, 1.165) is 0 Å². The Morgan fingerprint density at radius 1 is 0.594 bits per heavy atom. The van der Waals surface area contributed by atoms with Crippen molar-refractivity contribution in [3.8, 4) is 0 Å². The van der Waals surface area contributed by atoms with Crippen LogP contribution < -0.4 is 21.2 Å². The fourth-order valence-corrected chi connectivity index (χ4v) is 11.7. The predicted octanol–water partition coefficient (Wildman–Crippen LogP) is 6.65. The van der Waals surface area contributed by atoms with Gasteiger partial charge in [0.1, 0.15) is 0 Å². The Morgan fingerprint density at radius 3 is 1.25 bits per heavy atom. The van der Waals surface area contributed by atoms with Gasteiger partial charge in [0.15, 0.2) is 0 Å². The van der Waals surface area contributed by atoms with E-state index in [0.29, 0.717) is 6.42 Å². The Hall–Kier alpha value is -1.19. The molecule has 2 unspecified atom stereocenters. The molecule has 4 aromatic rings. The van der Waals surface area contributed by atoms with E-state index in [2.05, 4.69) is 97.1 Å². The molecule has 0 bridgehead atoms. The average Bonchev–Trinajstić information content (AvgIpc) is 2.82. The van der Waals surface area contributed by atoms with Crippen LogP contribution in [0.15, 0.2) is 121 Å². The van der Waals surface area contributed by atoms with Gasteiger partial charge in [0.05, 0.1) is 0 Å². The minimum absolute atomic E-state index is 0.182. The van der Waals surface area contributed by atoms with Gasteiger partial charge in [-0.05, 0) is 0 Å². The molecular formula is C27H23Cl2NiP2. The standard InChI is InChI=1S/C27H23Cl2P2.Ni/c28-26(30(22-13-5-1-6-14-22)23-15-7-2-8-16-23)21-27(29)31(24-17-9-3-10-18-24)25-19-11-4-12-20-25;/h1-20,26H,21H2;. The third kappa shape index (κ3) is 5.83. The predicted molar refractivity (Wildman–Crippen MR) is 141 cm³/mol. The summed E-state index contributed by atoms with van der Waals surface area (Å²) in [7, 11) is -1.77. The van der Waals surface area contributed by atoms with E-state index in [1.54, 1.807) is 0 Å². The van der Waals surface area contributed by atoms with Gasteiger partial charge in [-0.15, -0.1) is 0 Å². The molecule has 4 aromatic carbocycles. The van der Waals surface area contributed by atoms with Crippen molar-refractivity contribution in [1.82, 2.24) is 0 Å². The first kappa shape index (κ1) is 24.0. The van der Waals surface area contributed by atoms with Gasteiger partial charge in [-0.25, -0.2) is 0 Å². The summed E-state index contributed by atoms with van der Waals surface area (Å²) in [5.41, 5.74) is 0. The van der Waals surface area contributed by atoms with Crippen molar-refractivity contribution in [1.29, 1.82) is 0 Å². The Kier molecular flexibility index (Phi) is 8.45. The van der Waals surface area contributed by atoms with Crippen LogP contribution in [-0.2, 0) is 15.5 Å². The van der Waals surface area contributed by atoms with E-state index < -0.39 is 19.4 Å². The summed E-state index contributed by atoms with van der Waals surface area (Å²) in [4.78, 5) is 0. The Morgan fingerprint density at radius 2 is 0.906 bits per heavy atom. The molecule has 0 saturated carbocycles. The third-order valence-electron chi connectivity index (χ3n) is 5.09. The number of halogens is 2. The zero-order chi connectivity index (χ0) is 22.4. The van der Waals surface area contributed by atoms with Crippen LogP contribution in [0.3, 0.4) is 0 Å². The van der Waals surface area contributed by atoms with E-state index in [9.17, 15) is 0 Å². The van der Waals surface area contributed by atoms with Gasteiger partial charge in [-0.2, -0.15) is 0 Å². The van der Waals surface area contributed by atoms with Crippen LogP contribution in [-0.4, -0.2) is 8.70 Å². The molecule has 0 spiro atoms. The number of alkyl halides is 2. The molecule has 4 rings (SSSR count). The molecular weight excluding hydrogens is 516 g/mol.